The zero-order valence-electron chi connectivity index (χ0n) is 13.6. The van der Waals surface area contributed by atoms with Crippen molar-refractivity contribution in [2.24, 2.45) is 0 Å². The van der Waals surface area contributed by atoms with Gasteiger partial charge in [0, 0.05) is 36.7 Å². The standard InChI is InChI=1S/C18H20FN3O2/c1-24-15-4-2-3-12(16(15)19)9-22-8-7-13-14(10-22)20-17(11-5-6-11)21-18(13)23/h2-4,11H,5-10H2,1H3,(H,20,21,23). The van der Waals surface area contributed by atoms with Crippen LogP contribution in [0.25, 0.3) is 0 Å². The molecule has 24 heavy (non-hydrogen) atoms. The maximum atomic E-state index is 14.3. The Morgan fingerprint density at radius 3 is 3.00 bits per heavy atom. The van der Waals surface area contributed by atoms with Crippen molar-refractivity contribution in [1.82, 2.24) is 14.9 Å². The summed E-state index contributed by atoms with van der Waals surface area (Å²) in [6, 6.07) is 5.19. The molecule has 0 spiro atoms. The fraction of sp³-hybridized carbons (Fsp3) is 0.444. The summed E-state index contributed by atoms with van der Waals surface area (Å²) in [7, 11) is 1.47. The third-order valence-electron chi connectivity index (χ3n) is 4.79. The minimum absolute atomic E-state index is 0.00545. The highest BCUT2D eigenvalue weighted by molar-refractivity contribution is 5.31. The van der Waals surface area contributed by atoms with Crippen molar-refractivity contribution in [2.45, 2.75) is 38.3 Å². The highest BCUT2D eigenvalue weighted by Crippen LogP contribution is 2.37. The molecular weight excluding hydrogens is 309 g/mol. The number of aromatic amines is 1. The van der Waals surface area contributed by atoms with Crippen LogP contribution >= 0.6 is 0 Å². The summed E-state index contributed by atoms with van der Waals surface area (Å²) in [6.45, 7) is 1.78. The van der Waals surface area contributed by atoms with Crippen molar-refractivity contribution in [2.75, 3.05) is 13.7 Å². The van der Waals surface area contributed by atoms with Gasteiger partial charge in [0.1, 0.15) is 5.82 Å². The van der Waals surface area contributed by atoms with Crippen LogP contribution in [0.1, 0.15) is 41.4 Å². The maximum Gasteiger partial charge on any atom is 0.254 e. The monoisotopic (exact) mass is 329 g/mol. The lowest BCUT2D eigenvalue weighted by Crippen LogP contribution is -2.35. The molecule has 4 rings (SSSR count). The van der Waals surface area contributed by atoms with Gasteiger partial charge in [0.2, 0.25) is 0 Å². The first-order chi connectivity index (χ1) is 11.7. The lowest BCUT2D eigenvalue weighted by molar-refractivity contribution is 0.235. The molecule has 2 aromatic rings. The number of hydrogen-bond acceptors (Lipinski definition) is 4. The van der Waals surface area contributed by atoms with Gasteiger partial charge in [-0.25, -0.2) is 9.37 Å². The van der Waals surface area contributed by atoms with E-state index in [-0.39, 0.29) is 17.1 Å². The Hall–Kier alpha value is -2.21. The van der Waals surface area contributed by atoms with Gasteiger partial charge in [-0.1, -0.05) is 12.1 Å². The number of hydrogen-bond donors (Lipinski definition) is 1. The van der Waals surface area contributed by atoms with E-state index in [0.29, 0.717) is 31.0 Å². The topological polar surface area (TPSA) is 58.2 Å². The van der Waals surface area contributed by atoms with E-state index in [1.54, 1.807) is 18.2 Å². The van der Waals surface area contributed by atoms with Crippen LogP contribution < -0.4 is 10.3 Å². The average Bonchev–Trinajstić information content (AvgIpc) is 3.41. The van der Waals surface area contributed by atoms with E-state index in [4.69, 9.17) is 4.74 Å². The Labute approximate surface area is 139 Å². The van der Waals surface area contributed by atoms with E-state index in [1.807, 2.05) is 0 Å². The summed E-state index contributed by atoms with van der Waals surface area (Å²) in [5.74, 6) is 1.17. The van der Waals surface area contributed by atoms with Gasteiger partial charge in [-0.3, -0.25) is 9.69 Å². The molecule has 1 aromatic carbocycles. The number of fused-ring (bicyclic) bond motifs is 1. The summed E-state index contributed by atoms with van der Waals surface area (Å²) >= 11 is 0. The second kappa shape index (κ2) is 6.02. The highest BCUT2D eigenvalue weighted by Gasteiger charge is 2.29. The van der Waals surface area contributed by atoms with E-state index in [0.717, 1.165) is 36.5 Å². The van der Waals surface area contributed by atoms with Gasteiger partial charge >= 0.3 is 0 Å². The van der Waals surface area contributed by atoms with Crippen molar-refractivity contribution in [1.29, 1.82) is 0 Å². The van der Waals surface area contributed by atoms with Gasteiger partial charge in [0.25, 0.3) is 5.56 Å². The van der Waals surface area contributed by atoms with Gasteiger partial charge in [0.05, 0.1) is 12.8 Å². The lowest BCUT2D eigenvalue weighted by atomic mass is 10.0. The Morgan fingerprint density at radius 1 is 1.42 bits per heavy atom. The molecule has 2 aliphatic rings. The minimum atomic E-state index is -0.316. The molecule has 0 atom stereocenters. The van der Waals surface area contributed by atoms with Crippen molar-refractivity contribution >= 4 is 0 Å². The Bertz CT molecular complexity index is 829. The van der Waals surface area contributed by atoms with E-state index in [2.05, 4.69) is 14.9 Å². The predicted octanol–water partition coefficient (Wildman–Crippen LogP) is 2.35. The number of H-pyrrole nitrogens is 1. The molecule has 0 bridgehead atoms. The molecule has 1 saturated carbocycles. The molecule has 0 amide bonds. The lowest BCUT2D eigenvalue weighted by Gasteiger charge is -2.28. The van der Waals surface area contributed by atoms with Crippen LogP contribution in [0.15, 0.2) is 23.0 Å². The van der Waals surface area contributed by atoms with Crippen LogP contribution in [0.5, 0.6) is 5.75 Å². The second-order valence-electron chi connectivity index (χ2n) is 6.54. The van der Waals surface area contributed by atoms with Crippen LogP contribution in [0.2, 0.25) is 0 Å². The molecule has 0 unspecified atom stereocenters. The van der Waals surface area contributed by atoms with Gasteiger partial charge in [0.15, 0.2) is 11.6 Å². The minimum Gasteiger partial charge on any atom is -0.494 e. The van der Waals surface area contributed by atoms with Crippen LogP contribution in [-0.2, 0) is 19.5 Å². The number of aromatic nitrogens is 2. The first-order valence-corrected chi connectivity index (χ1v) is 8.31. The number of methoxy groups -OCH3 is 1. The summed E-state index contributed by atoms with van der Waals surface area (Å²) in [5.41, 5.74) is 2.22. The van der Waals surface area contributed by atoms with E-state index in [1.165, 1.54) is 7.11 Å². The van der Waals surface area contributed by atoms with Crippen molar-refractivity contribution in [3.63, 3.8) is 0 Å². The summed E-state index contributed by atoms with van der Waals surface area (Å²) in [6.07, 6.45) is 2.84. The normalized spacial score (nSPS) is 17.6. The number of rotatable bonds is 4. The van der Waals surface area contributed by atoms with Crippen molar-refractivity contribution in [3.05, 3.63) is 57.0 Å². The van der Waals surface area contributed by atoms with E-state index >= 15 is 0 Å². The SMILES string of the molecule is COc1cccc(CN2CCc3c(nc(C4CC4)[nH]c3=O)C2)c1F. The van der Waals surface area contributed by atoms with Crippen LogP contribution in [0, 0.1) is 5.82 Å². The maximum absolute atomic E-state index is 14.3. The Morgan fingerprint density at radius 2 is 2.25 bits per heavy atom. The molecule has 1 N–H and O–H groups in total. The smallest absolute Gasteiger partial charge is 0.254 e. The van der Waals surface area contributed by atoms with Gasteiger partial charge in [-0.15, -0.1) is 0 Å². The number of halogens is 1. The fourth-order valence-corrected chi connectivity index (χ4v) is 3.28. The third kappa shape index (κ3) is 2.82. The first kappa shape index (κ1) is 15.3. The fourth-order valence-electron chi connectivity index (χ4n) is 3.28. The van der Waals surface area contributed by atoms with Gasteiger partial charge in [-0.2, -0.15) is 0 Å². The van der Waals surface area contributed by atoms with Crippen molar-refractivity contribution < 1.29 is 9.13 Å². The number of ether oxygens (including phenoxy) is 1. The highest BCUT2D eigenvalue weighted by atomic mass is 19.1. The molecule has 2 heterocycles. The molecule has 126 valence electrons. The molecule has 6 heteroatoms. The molecule has 5 nitrogen and oxygen atoms in total. The van der Waals surface area contributed by atoms with Gasteiger partial charge < -0.3 is 9.72 Å². The van der Waals surface area contributed by atoms with Gasteiger partial charge in [-0.05, 0) is 25.3 Å². The Balaban J connectivity index is 1.57. The molecule has 0 radical (unpaired) electrons. The van der Waals surface area contributed by atoms with Crippen LogP contribution in [0.3, 0.4) is 0 Å². The average molecular weight is 329 g/mol. The van der Waals surface area contributed by atoms with E-state index < -0.39 is 0 Å². The number of benzene rings is 1. The van der Waals surface area contributed by atoms with E-state index in [9.17, 15) is 9.18 Å². The van der Waals surface area contributed by atoms with Crippen LogP contribution in [0.4, 0.5) is 4.39 Å². The molecule has 1 aromatic heterocycles. The zero-order chi connectivity index (χ0) is 16.7. The summed E-state index contributed by atoms with van der Waals surface area (Å²) < 4.78 is 19.4. The molecule has 1 fully saturated rings. The molecule has 1 aliphatic carbocycles. The summed E-state index contributed by atoms with van der Waals surface area (Å²) in [5, 5.41) is 0. The molecule has 0 saturated heterocycles. The molecular formula is C18H20FN3O2. The first-order valence-electron chi connectivity index (χ1n) is 8.31. The predicted molar refractivity (Wildman–Crippen MR) is 87.6 cm³/mol. The third-order valence-corrected chi connectivity index (χ3v) is 4.79. The second-order valence-corrected chi connectivity index (χ2v) is 6.54. The summed E-state index contributed by atoms with van der Waals surface area (Å²) in [4.78, 5) is 22.0. The quantitative estimate of drug-likeness (QED) is 0.935. The Kier molecular flexibility index (Phi) is 3.84. The largest absolute Gasteiger partial charge is 0.494 e. The number of nitrogens with one attached hydrogen (secondary N) is 1. The molecule has 1 aliphatic heterocycles. The zero-order valence-corrected chi connectivity index (χ0v) is 13.6. The van der Waals surface area contributed by atoms with Crippen LogP contribution in [-0.4, -0.2) is 28.5 Å². The number of nitrogens with zero attached hydrogens (tertiary/aromatic N) is 2. The van der Waals surface area contributed by atoms with Crippen molar-refractivity contribution in [3.8, 4) is 5.75 Å².